The maximum Gasteiger partial charge on any atom is 0.156 e. The fourth-order valence-corrected chi connectivity index (χ4v) is 4.81. The van der Waals surface area contributed by atoms with Crippen molar-refractivity contribution in [2.75, 3.05) is 0 Å². The topological polar surface area (TPSA) is 17.1 Å². The smallest absolute Gasteiger partial charge is 0.156 e. The molecule has 3 aliphatic rings. The highest BCUT2D eigenvalue weighted by atomic mass is 79.9. The summed E-state index contributed by atoms with van der Waals surface area (Å²) in [5.74, 6) is 1.07. The van der Waals surface area contributed by atoms with Crippen LogP contribution in [0.3, 0.4) is 0 Å². The molecule has 3 atom stereocenters. The van der Waals surface area contributed by atoms with Crippen molar-refractivity contribution in [1.82, 2.24) is 0 Å². The van der Waals surface area contributed by atoms with Crippen molar-refractivity contribution in [3.63, 3.8) is 0 Å². The summed E-state index contributed by atoms with van der Waals surface area (Å²) in [6.07, 6.45) is 12.5. The minimum Gasteiger partial charge on any atom is -0.297 e. The normalized spacial score (nSPS) is 48.9. The van der Waals surface area contributed by atoms with E-state index >= 15 is 0 Å². The quantitative estimate of drug-likeness (QED) is 0.485. The van der Waals surface area contributed by atoms with Crippen LogP contribution in [0.5, 0.6) is 0 Å². The molecule has 3 aliphatic carbocycles. The van der Waals surface area contributed by atoms with E-state index < -0.39 is 0 Å². The van der Waals surface area contributed by atoms with Gasteiger partial charge in [-0.2, -0.15) is 0 Å². The Hall–Kier alpha value is -0.110. The molecular weight excluding hydrogens is 252 g/mol. The molecule has 3 rings (SSSR count). The highest BCUT2D eigenvalue weighted by Crippen LogP contribution is 2.57. The Morgan fingerprint density at radius 2 is 2.07 bits per heavy atom. The summed E-state index contributed by atoms with van der Waals surface area (Å²) < 4.78 is -0.207. The average molecular weight is 269 g/mol. The molecule has 1 nitrogen and oxygen atoms in total. The molecule has 82 valence electrons. The van der Waals surface area contributed by atoms with Gasteiger partial charge >= 0.3 is 0 Å². The van der Waals surface area contributed by atoms with Crippen LogP contribution in [0.15, 0.2) is 12.2 Å². The van der Waals surface area contributed by atoms with Crippen molar-refractivity contribution in [3.05, 3.63) is 12.2 Å². The third kappa shape index (κ3) is 1.23. The maximum atomic E-state index is 12.7. The minimum atomic E-state index is -0.207. The van der Waals surface area contributed by atoms with E-state index in [0.29, 0.717) is 11.7 Å². The zero-order chi connectivity index (χ0) is 10.5. The molecule has 0 saturated heterocycles. The highest BCUT2D eigenvalue weighted by molar-refractivity contribution is 9.10. The molecule has 0 aliphatic heterocycles. The van der Waals surface area contributed by atoms with Crippen molar-refractivity contribution in [2.45, 2.75) is 49.3 Å². The van der Waals surface area contributed by atoms with Crippen LogP contribution in [0.25, 0.3) is 0 Å². The summed E-state index contributed by atoms with van der Waals surface area (Å²) in [7, 11) is 0. The number of rotatable bonds is 0. The number of allylic oxidation sites excluding steroid dienone is 2. The molecule has 0 aromatic heterocycles. The monoisotopic (exact) mass is 268 g/mol. The zero-order valence-electron chi connectivity index (χ0n) is 8.97. The average Bonchev–Trinajstić information content (AvgIpc) is 2.57. The predicted octanol–water partition coefficient (Wildman–Crippen LogP) is 3.62. The molecule has 2 bridgehead atoms. The van der Waals surface area contributed by atoms with Gasteiger partial charge in [-0.3, -0.25) is 4.79 Å². The first-order valence-electron chi connectivity index (χ1n) is 6.08. The van der Waals surface area contributed by atoms with Crippen LogP contribution in [0.2, 0.25) is 0 Å². The lowest BCUT2D eigenvalue weighted by atomic mass is 9.64. The van der Waals surface area contributed by atoms with Gasteiger partial charge in [-0.05, 0) is 38.0 Å². The van der Waals surface area contributed by atoms with E-state index in [1.54, 1.807) is 0 Å². The first kappa shape index (κ1) is 10.1. The fraction of sp³-hybridized carbons (Fsp3) is 0.769. The highest BCUT2D eigenvalue weighted by Gasteiger charge is 2.57. The summed E-state index contributed by atoms with van der Waals surface area (Å²) in [5.41, 5.74) is 0.0226. The number of hydrogen-bond acceptors (Lipinski definition) is 1. The lowest BCUT2D eigenvalue weighted by Gasteiger charge is -2.42. The van der Waals surface area contributed by atoms with Crippen LogP contribution < -0.4 is 0 Å². The summed E-state index contributed by atoms with van der Waals surface area (Å²) in [6.45, 7) is 0. The van der Waals surface area contributed by atoms with E-state index in [-0.39, 0.29) is 9.74 Å². The summed E-state index contributed by atoms with van der Waals surface area (Å²) in [6, 6.07) is 0. The Morgan fingerprint density at radius 1 is 1.27 bits per heavy atom. The number of hydrogen-bond donors (Lipinski definition) is 0. The van der Waals surface area contributed by atoms with Gasteiger partial charge in [0.25, 0.3) is 0 Å². The third-order valence-electron chi connectivity index (χ3n) is 4.71. The minimum absolute atomic E-state index is 0.0226. The van der Waals surface area contributed by atoms with Crippen LogP contribution in [0.1, 0.15) is 44.9 Å². The molecule has 15 heavy (non-hydrogen) atoms. The number of carbonyl (C=O) groups is 1. The Morgan fingerprint density at radius 3 is 2.93 bits per heavy atom. The van der Waals surface area contributed by atoms with Crippen molar-refractivity contribution in [2.24, 2.45) is 11.3 Å². The molecule has 0 aromatic rings. The first-order valence-corrected chi connectivity index (χ1v) is 6.87. The second-order valence-corrected chi connectivity index (χ2v) is 6.95. The van der Waals surface area contributed by atoms with Gasteiger partial charge in [0, 0.05) is 5.41 Å². The summed E-state index contributed by atoms with van der Waals surface area (Å²) >= 11 is 3.73. The van der Waals surface area contributed by atoms with Crippen LogP contribution in [-0.4, -0.2) is 10.1 Å². The van der Waals surface area contributed by atoms with Crippen LogP contribution in [0, 0.1) is 11.3 Å². The largest absolute Gasteiger partial charge is 0.297 e. The fourth-order valence-electron chi connectivity index (χ4n) is 3.94. The number of fused-ring (bicyclic) bond motifs is 1. The second-order valence-electron chi connectivity index (χ2n) is 5.44. The van der Waals surface area contributed by atoms with Crippen molar-refractivity contribution >= 4 is 21.7 Å². The van der Waals surface area contributed by atoms with Gasteiger partial charge in [-0.25, -0.2) is 0 Å². The number of Topliss-reactive ketones (excluding diaryl/α,β-unsaturated/α-hetero) is 1. The Labute approximate surface area is 99.4 Å². The van der Waals surface area contributed by atoms with Crippen LogP contribution >= 0.6 is 15.9 Å². The molecule has 0 heterocycles. The van der Waals surface area contributed by atoms with Crippen molar-refractivity contribution < 1.29 is 4.79 Å². The molecular formula is C13H17BrO. The first-order chi connectivity index (χ1) is 7.17. The van der Waals surface area contributed by atoms with Gasteiger partial charge in [0.2, 0.25) is 0 Å². The lowest BCUT2D eigenvalue weighted by Crippen LogP contribution is -2.48. The summed E-state index contributed by atoms with van der Waals surface area (Å²) in [4.78, 5) is 12.7. The zero-order valence-corrected chi connectivity index (χ0v) is 10.6. The van der Waals surface area contributed by atoms with Crippen LogP contribution in [-0.2, 0) is 4.79 Å². The molecule has 0 N–H and O–H groups in total. The molecule has 2 saturated carbocycles. The van der Waals surface area contributed by atoms with Gasteiger partial charge in [-0.1, -0.05) is 40.9 Å². The Balaban J connectivity index is 2.10. The molecule has 2 fully saturated rings. The maximum absolute atomic E-state index is 12.7. The van der Waals surface area contributed by atoms with Gasteiger partial charge in [0.05, 0.1) is 4.32 Å². The molecule has 0 unspecified atom stereocenters. The van der Waals surface area contributed by atoms with Gasteiger partial charge in [-0.15, -0.1) is 0 Å². The van der Waals surface area contributed by atoms with E-state index in [1.165, 1.54) is 19.3 Å². The molecule has 2 heteroatoms. The third-order valence-corrected chi connectivity index (χ3v) is 5.79. The Bertz CT molecular complexity index is 335. The van der Waals surface area contributed by atoms with E-state index in [0.717, 1.165) is 25.7 Å². The summed E-state index contributed by atoms with van der Waals surface area (Å²) in [5, 5.41) is 0. The number of ketones is 1. The van der Waals surface area contributed by atoms with Crippen molar-refractivity contribution in [3.8, 4) is 0 Å². The van der Waals surface area contributed by atoms with E-state index in [4.69, 9.17) is 0 Å². The molecule has 0 amide bonds. The van der Waals surface area contributed by atoms with Gasteiger partial charge < -0.3 is 0 Å². The van der Waals surface area contributed by atoms with Gasteiger partial charge in [0.15, 0.2) is 5.78 Å². The number of carbonyl (C=O) groups excluding carboxylic acids is 1. The van der Waals surface area contributed by atoms with E-state index in [9.17, 15) is 4.79 Å². The number of alkyl halides is 1. The second kappa shape index (κ2) is 3.19. The Kier molecular flexibility index (Phi) is 2.14. The number of halogens is 1. The van der Waals surface area contributed by atoms with E-state index in [2.05, 4.69) is 28.1 Å². The standard InChI is InChI=1S/C13H17BrO/c14-13-8-2-5-10-4-1-6-12(10,11(13)15)7-3-9-13/h2,5,10H,1,3-4,6-9H2/t10-,12+,13-/m0/s1. The molecule has 1 spiro atoms. The predicted molar refractivity (Wildman–Crippen MR) is 64.0 cm³/mol. The lowest BCUT2D eigenvalue weighted by molar-refractivity contribution is -0.135. The van der Waals surface area contributed by atoms with Gasteiger partial charge in [0.1, 0.15) is 0 Å². The van der Waals surface area contributed by atoms with Crippen molar-refractivity contribution in [1.29, 1.82) is 0 Å². The molecule has 0 aromatic carbocycles. The van der Waals surface area contributed by atoms with E-state index in [1.807, 2.05) is 0 Å². The molecule has 0 radical (unpaired) electrons. The van der Waals surface area contributed by atoms with Crippen LogP contribution in [0.4, 0.5) is 0 Å². The SMILES string of the molecule is O=C1[C@]2(Br)CC=C[C@@H]3CCC[C@]13CCC2.